The Morgan fingerprint density at radius 1 is 1.12 bits per heavy atom. The van der Waals surface area contributed by atoms with Crippen molar-refractivity contribution < 1.29 is 34.2 Å². The van der Waals surface area contributed by atoms with Gasteiger partial charge >= 0.3 is 18.0 Å². The lowest BCUT2D eigenvalue weighted by Gasteiger charge is -2.18. The minimum absolute atomic E-state index is 0.0909. The first-order chi connectivity index (χ1) is 12.2. The number of thioether (sulfide) groups is 1. The molecule has 0 aromatic carbocycles. The average Bonchev–Trinajstić information content (AvgIpc) is 2.58. The Labute approximate surface area is 154 Å². The number of carboxylic acids is 2. The Morgan fingerprint density at radius 3 is 2.31 bits per heavy atom. The Kier molecular flexibility index (Phi) is 11.8. The normalized spacial score (nSPS) is 12.5. The molecule has 0 radical (unpaired) electrons. The quantitative estimate of drug-likeness (QED) is 0.235. The highest BCUT2D eigenvalue weighted by Gasteiger charge is 2.23. The number of aliphatic carboxylic acids is 2. The van der Waals surface area contributed by atoms with Crippen LogP contribution in [-0.4, -0.2) is 70.1 Å². The number of nitrogens with one attached hydrogen (secondary N) is 3. The zero-order valence-electron chi connectivity index (χ0n) is 14.3. The molecule has 0 aromatic heterocycles. The van der Waals surface area contributed by atoms with E-state index in [2.05, 4.69) is 16.0 Å². The highest BCUT2D eigenvalue weighted by molar-refractivity contribution is 8.13. The van der Waals surface area contributed by atoms with Crippen molar-refractivity contribution in [2.45, 2.75) is 38.3 Å². The number of nitrogens with two attached hydrogens (primary N) is 1. The highest BCUT2D eigenvalue weighted by Crippen LogP contribution is 2.10. The summed E-state index contributed by atoms with van der Waals surface area (Å²) in [4.78, 5) is 56.6. The second-order valence-corrected chi connectivity index (χ2v) is 6.33. The van der Waals surface area contributed by atoms with E-state index in [1.54, 1.807) is 0 Å². The van der Waals surface area contributed by atoms with Gasteiger partial charge in [0.1, 0.15) is 18.6 Å². The summed E-state index contributed by atoms with van der Waals surface area (Å²) in [5.41, 5.74) is 5.25. The summed E-state index contributed by atoms with van der Waals surface area (Å²) in [6.07, 6.45) is 1.85. The molecule has 0 aliphatic carbocycles. The van der Waals surface area contributed by atoms with E-state index < -0.39 is 42.5 Å². The number of unbranched alkanes of at least 4 members (excludes halogenated alkanes) is 1. The first kappa shape index (κ1) is 23.7. The molecule has 0 aliphatic heterocycles. The summed E-state index contributed by atoms with van der Waals surface area (Å²) in [5, 5.41) is 23.7. The van der Waals surface area contributed by atoms with E-state index in [-0.39, 0.29) is 17.4 Å². The van der Waals surface area contributed by atoms with Crippen LogP contribution in [0.1, 0.15) is 26.2 Å². The van der Waals surface area contributed by atoms with Crippen molar-refractivity contribution in [1.82, 2.24) is 16.0 Å². The van der Waals surface area contributed by atoms with Gasteiger partial charge in [0, 0.05) is 18.7 Å². The fourth-order valence-corrected chi connectivity index (χ4v) is 2.41. The van der Waals surface area contributed by atoms with Gasteiger partial charge in [-0.1, -0.05) is 25.1 Å². The van der Waals surface area contributed by atoms with Gasteiger partial charge in [0.15, 0.2) is 5.12 Å². The fourth-order valence-electron chi connectivity index (χ4n) is 1.54. The zero-order chi connectivity index (χ0) is 20.1. The minimum Gasteiger partial charge on any atom is -0.480 e. The van der Waals surface area contributed by atoms with Crippen LogP contribution in [0, 0.1) is 0 Å². The third-order valence-electron chi connectivity index (χ3n) is 2.98. The van der Waals surface area contributed by atoms with Gasteiger partial charge in [0.25, 0.3) is 0 Å². The molecular weight excluding hydrogens is 368 g/mol. The SMILES string of the molecule is CCCCC(=O)SCC(NC(=O)NC[C@H](N)C(=O)O)C(=O)NCC(=O)O. The molecule has 0 fully saturated rings. The maximum absolute atomic E-state index is 12.0. The van der Waals surface area contributed by atoms with Crippen LogP contribution in [0.5, 0.6) is 0 Å². The molecular formula is C14H24N4O7S. The maximum Gasteiger partial charge on any atom is 0.322 e. The number of carboxylic acid groups (broad SMARTS) is 2. The number of hydrogen-bond donors (Lipinski definition) is 6. The van der Waals surface area contributed by atoms with Crippen LogP contribution in [0.3, 0.4) is 0 Å². The molecule has 12 heteroatoms. The topological polar surface area (TPSA) is 188 Å². The molecule has 0 heterocycles. The standard InChI is InChI=1S/C14H24N4O7S/c1-2-3-4-11(21)26-7-9(12(22)16-6-10(19)20)18-14(25)17-5-8(15)13(23)24/h8-9H,2-7,15H2,1H3,(H,16,22)(H,19,20)(H,23,24)(H2,17,18,25)/t8-,9?/m0/s1. The Balaban J connectivity index is 4.67. The molecule has 26 heavy (non-hydrogen) atoms. The van der Waals surface area contributed by atoms with Crippen LogP contribution in [0.15, 0.2) is 0 Å². The summed E-state index contributed by atoms with van der Waals surface area (Å²) in [6.45, 7) is 0.915. The first-order valence-corrected chi connectivity index (χ1v) is 8.83. The molecule has 0 saturated carbocycles. The number of amides is 3. The predicted molar refractivity (Wildman–Crippen MR) is 93.6 cm³/mol. The van der Waals surface area contributed by atoms with Crippen molar-refractivity contribution in [2.75, 3.05) is 18.8 Å². The number of urea groups is 1. The largest absolute Gasteiger partial charge is 0.480 e. The van der Waals surface area contributed by atoms with E-state index in [0.29, 0.717) is 12.8 Å². The van der Waals surface area contributed by atoms with E-state index in [9.17, 15) is 24.0 Å². The van der Waals surface area contributed by atoms with Crippen molar-refractivity contribution in [2.24, 2.45) is 5.73 Å². The lowest BCUT2D eigenvalue weighted by Crippen LogP contribution is -2.54. The molecule has 0 spiro atoms. The van der Waals surface area contributed by atoms with E-state index in [4.69, 9.17) is 15.9 Å². The number of carbonyl (C=O) groups is 5. The van der Waals surface area contributed by atoms with E-state index in [1.165, 1.54) is 0 Å². The molecule has 1 unspecified atom stereocenters. The third kappa shape index (κ3) is 11.3. The van der Waals surface area contributed by atoms with Crippen molar-refractivity contribution in [3.8, 4) is 0 Å². The molecule has 0 aliphatic rings. The first-order valence-electron chi connectivity index (χ1n) is 7.85. The summed E-state index contributed by atoms with van der Waals surface area (Å²) in [7, 11) is 0. The second-order valence-electron chi connectivity index (χ2n) is 5.25. The fraction of sp³-hybridized carbons (Fsp3) is 0.643. The maximum atomic E-state index is 12.0. The number of hydrogen-bond acceptors (Lipinski definition) is 7. The van der Waals surface area contributed by atoms with Gasteiger partial charge in [-0.25, -0.2) is 4.79 Å². The Hall–Kier alpha value is -2.34. The van der Waals surface area contributed by atoms with E-state index >= 15 is 0 Å². The molecule has 0 bridgehead atoms. The van der Waals surface area contributed by atoms with Crippen molar-refractivity contribution in [3.05, 3.63) is 0 Å². The molecule has 148 valence electrons. The molecule has 7 N–H and O–H groups in total. The lowest BCUT2D eigenvalue weighted by molar-refractivity contribution is -0.138. The van der Waals surface area contributed by atoms with Gasteiger partial charge in [-0.3, -0.25) is 19.2 Å². The lowest BCUT2D eigenvalue weighted by atomic mass is 10.3. The van der Waals surface area contributed by atoms with Crippen LogP contribution < -0.4 is 21.7 Å². The zero-order valence-corrected chi connectivity index (χ0v) is 15.1. The van der Waals surface area contributed by atoms with Crippen LogP contribution >= 0.6 is 11.8 Å². The number of rotatable bonds is 12. The summed E-state index contributed by atoms with van der Waals surface area (Å²) >= 11 is 0.850. The van der Waals surface area contributed by atoms with Crippen molar-refractivity contribution in [3.63, 3.8) is 0 Å². The van der Waals surface area contributed by atoms with Crippen molar-refractivity contribution >= 4 is 40.8 Å². The van der Waals surface area contributed by atoms with Gasteiger partial charge in [-0.05, 0) is 6.42 Å². The molecule has 11 nitrogen and oxygen atoms in total. The van der Waals surface area contributed by atoms with Gasteiger partial charge in [-0.2, -0.15) is 0 Å². The van der Waals surface area contributed by atoms with E-state index in [0.717, 1.165) is 18.2 Å². The van der Waals surface area contributed by atoms with Crippen LogP contribution in [0.4, 0.5) is 4.79 Å². The second kappa shape index (κ2) is 12.9. The third-order valence-corrected chi connectivity index (χ3v) is 4.01. The van der Waals surface area contributed by atoms with Gasteiger partial charge in [0.2, 0.25) is 5.91 Å². The summed E-state index contributed by atoms with van der Waals surface area (Å²) < 4.78 is 0. The number of carbonyl (C=O) groups excluding carboxylic acids is 3. The average molecular weight is 392 g/mol. The molecule has 0 saturated heterocycles. The van der Waals surface area contributed by atoms with Crippen LogP contribution in [-0.2, 0) is 19.2 Å². The monoisotopic (exact) mass is 392 g/mol. The highest BCUT2D eigenvalue weighted by atomic mass is 32.2. The van der Waals surface area contributed by atoms with Gasteiger partial charge in [-0.15, -0.1) is 0 Å². The molecule has 3 amide bonds. The van der Waals surface area contributed by atoms with Crippen LogP contribution in [0.2, 0.25) is 0 Å². The van der Waals surface area contributed by atoms with Gasteiger partial charge < -0.3 is 31.9 Å². The molecule has 2 atom stereocenters. The summed E-state index contributed by atoms with van der Waals surface area (Å²) in [6, 6.07) is -3.35. The van der Waals surface area contributed by atoms with Crippen molar-refractivity contribution in [1.29, 1.82) is 0 Å². The molecule has 0 aromatic rings. The van der Waals surface area contributed by atoms with Gasteiger partial charge in [0.05, 0.1) is 0 Å². The Bertz CT molecular complexity index is 529. The predicted octanol–water partition coefficient (Wildman–Crippen LogP) is -1.28. The van der Waals surface area contributed by atoms with Crippen LogP contribution in [0.25, 0.3) is 0 Å². The summed E-state index contributed by atoms with van der Waals surface area (Å²) in [5.74, 6) is -3.44. The molecule has 0 rings (SSSR count). The van der Waals surface area contributed by atoms with E-state index in [1.807, 2.05) is 6.92 Å². The smallest absolute Gasteiger partial charge is 0.322 e. The minimum atomic E-state index is -1.31. The Morgan fingerprint density at radius 2 is 1.77 bits per heavy atom.